The Kier molecular flexibility index (Phi) is 30.2. The Morgan fingerprint density at radius 2 is 0.726 bits per heavy atom. The number of carboxylic acid groups (broad SMARTS) is 1. The maximum atomic E-state index is 12.0. The summed E-state index contributed by atoms with van der Waals surface area (Å²) in [6, 6.07) is 43.1. The predicted molar refractivity (Wildman–Crippen MR) is 288 cm³/mol. The average molecular weight is 1000 g/mol. The lowest BCUT2D eigenvalue weighted by atomic mass is 10.0. The third-order valence-electron chi connectivity index (χ3n) is 12.0. The molecule has 7 N–H and O–H groups in total. The highest BCUT2D eigenvalue weighted by Gasteiger charge is 2.07. The molecule has 6 aromatic carbocycles. The molecule has 0 radical (unpaired) electrons. The second kappa shape index (κ2) is 36.7. The molecule has 0 aliphatic rings. The van der Waals surface area contributed by atoms with E-state index in [0.29, 0.717) is 58.2 Å². The van der Waals surface area contributed by atoms with Crippen LogP contribution < -0.4 is 21.8 Å². The van der Waals surface area contributed by atoms with Gasteiger partial charge in [0.15, 0.2) is 0 Å². The number of hydrogen-bond donors (Lipinski definition) is 6. The summed E-state index contributed by atoms with van der Waals surface area (Å²) in [6.45, 7) is 1.71. The van der Waals surface area contributed by atoms with Crippen LogP contribution >= 0.6 is 0 Å². The van der Waals surface area contributed by atoms with E-state index in [0.717, 1.165) is 81.8 Å². The summed E-state index contributed by atoms with van der Waals surface area (Å²) in [5.41, 5.74) is 10.7. The monoisotopic (exact) mass is 1000 g/mol. The molecule has 0 atom stereocenters. The fraction of sp³-hybridized carbons (Fsp3) is 0.390. The highest BCUT2D eigenvalue weighted by atomic mass is 16.5. The zero-order chi connectivity index (χ0) is 52.9. The van der Waals surface area contributed by atoms with Crippen molar-refractivity contribution in [1.29, 1.82) is 0 Å². The van der Waals surface area contributed by atoms with Crippen molar-refractivity contribution < 1.29 is 48.6 Å². The maximum absolute atomic E-state index is 12.0. The number of carboxylic acids is 1. The number of amides is 3. The Morgan fingerprint density at radius 1 is 0.411 bits per heavy atom. The van der Waals surface area contributed by atoms with Gasteiger partial charge >= 0.3 is 17.9 Å². The van der Waals surface area contributed by atoms with Crippen LogP contribution in [0.2, 0.25) is 0 Å². The molecule has 0 spiro atoms. The van der Waals surface area contributed by atoms with E-state index >= 15 is 0 Å². The first-order valence-electron chi connectivity index (χ1n) is 25.4. The van der Waals surface area contributed by atoms with Crippen molar-refractivity contribution in [2.24, 2.45) is 5.73 Å². The van der Waals surface area contributed by atoms with Crippen LogP contribution in [-0.2, 0) is 57.9 Å². The number of nitrogens with two attached hydrogens (primary N) is 1. The third kappa shape index (κ3) is 25.2. The molecule has 6 rings (SSSR count). The highest BCUT2D eigenvalue weighted by molar-refractivity contribution is 5.88. The number of benzene rings is 6. The van der Waals surface area contributed by atoms with E-state index in [1.807, 2.05) is 60.7 Å². The van der Waals surface area contributed by atoms with Crippen LogP contribution in [0.1, 0.15) is 132 Å². The summed E-state index contributed by atoms with van der Waals surface area (Å²) < 4.78 is 9.06. The van der Waals surface area contributed by atoms with Crippen LogP contribution in [-0.4, -0.2) is 60.2 Å². The number of hydrogen-bond acceptors (Lipinski definition) is 10. The number of nitrogens with one attached hydrogen (secondary N) is 3. The van der Waals surface area contributed by atoms with Gasteiger partial charge in [-0.05, 0) is 87.5 Å². The quantitative estimate of drug-likeness (QED) is 0.0130. The van der Waals surface area contributed by atoms with Crippen molar-refractivity contribution in [2.75, 3.05) is 14.2 Å². The molecule has 14 nitrogen and oxygen atoms in total. The first kappa shape index (κ1) is 60.1. The zero-order valence-corrected chi connectivity index (χ0v) is 42.7. The van der Waals surface area contributed by atoms with Crippen LogP contribution in [0.3, 0.4) is 0 Å². The molecule has 3 amide bonds. The molecular formula is C59H76N4O10. The van der Waals surface area contributed by atoms with Crippen LogP contribution in [0.25, 0.3) is 32.3 Å². The standard InChI is InChI=1S/C20H25NO3.C19H24N2O3.C11H11N.C9H16O4/c1-24-20(23)14-5-3-2-4-13-19(22)21-15-17-11-8-10-16-9-6-7-12-18(16)17;22-18(12-3-1-2-4-13-19(23)21-24)20-14-16-10-7-9-15-8-5-6-11-17(15)16;12-8-10-6-3-5-9-4-1-2-7-11(9)10;1-13-9(12)7-5-3-2-4-6-8(10)11/h6-12H,2-5,13-15H2,1H3,(H,21,22);5-11,24H,1-4,12-14H2,(H,20,22)(H,21,23);1-7H,8,12H2;2-7H2,1H3,(H,10,11). The van der Waals surface area contributed by atoms with Gasteiger partial charge in [0.1, 0.15) is 0 Å². The zero-order valence-electron chi connectivity index (χ0n) is 42.7. The molecule has 0 aliphatic heterocycles. The van der Waals surface area contributed by atoms with Crippen molar-refractivity contribution in [2.45, 2.75) is 135 Å². The number of carbonyl (C=O) groups excluding carboxylic acids is 5. The summed E-state index contributed by atoms with van der Waals surface area (Å²) in [7, 11) is 2.77. The van der Waals surface area contributed by atoms with Gasteiger partial charge in [-0.2, -0.15) is 0 Å². The lowest BCUT2D eigenvalue weighted by Gasteiger charge is -2.08. The molecule has 0 saturated heterocycles. The molecule has 392 valence electrons. The SMILES string of the molecule is COC(=O)CCCCCCC(=O)NCc1cccc2ccccc12.COC(=O)CCCCCCC(=O)O.NCc1cccc2ccccc12.O=C(CCCCCCC(=O)NCc1cccc2ccccc12)NO. The van der Waals surface area contributed by atoms with E-state index in [1.54, 1.807) is 5.48 Å². The van der Waals surface area contributed by atoms with E-state index in [2.05, 4.69) is 86.8 Å². The number of aliphatic carboxylic acids is 1. The van der Waals surface area contributed by atoms with Crippen molar-refractivity contribution in [3.63, 3.8) is 0 Å². The van der Waals surface area contributed by atoms with Gasteiger partial charge in [0.2, 0.25) is 17.7 Å². The fourth-order valence-electron chi connectivity index (χ4n) is 7.92. The molecule has 0 heterocycles. The van der Waals surface area contributed by atoms with Gasteiger partial charge in [-0.25, -0.2) is 5.48 Å². The normalized spacial score (nSPS) is 10.4. The van der Waals surface area contributed by atoms with E-state index in [-0.39, 0.29) is 36.1 Å². The second-order valence-corrected chi connectivity index (χ2v) is 17.5. The number of fused-ring (bicyclic) bond motifs is 3. The second-order valence-electron chi connectivity index (χ2n) is 17.5. The predicted octanol–water partition coefficient (Wildman–Crippen LogP) is 11.2. The van der Waals surface area contributed by atoms with Crippen LogP contribution in [0.15, 0.2) is 127 Å². The largest absolute Gasteiger partial charge is 0.481 e. The Balaban J connectivity index is 0.000000269. The van der Waals surface area contributed by atoms with Crippen molar-refractivity contribution in [1.82, 2.24) is 16.1 Å². The third-order valence-corrected chi connectivity index (χ3v) is 12.0. The molecule has 0 bridgehead atoms. The molecule has 0 aromatic heterocycles. The molecule has 0 saturated carbocycles. The lowest BCUT2D eigenvalue weighted by molar-refractivity contribution is -0.141. The molecule has 73 heavy (non-hydrogen) atoms. The van der Waals surface area contributed by atoms with Crippen molar-refractivity contribution in [3.8, 4) is 0 Å². The van der Waals surface area contributed by atoms with Gasteiger partial charge in [0, 0.05) is 58.2 Å². The maximum Gasteiger partial charge on any atom is 0.305 e. The molecular weight excluding hydrogens is 925 g/mol. The van der Waals surface area contributed by atoms with Crippen LogP contribution in [0, 0.1) is 0 Å². The van der Waals surface area contributed by atoms with E-state index < -0.39 is 5.97 Å². The van der Waals surface area contributed by atoms with Crippen LogP contribution in [0.5, 0.6) is 0 Å². The van der Waals surface area contributed by atoms with Gasteiger partial charge in [-0.15, -0.1) is 0 Å². The first-order chi connectivity index (χ1) is 35.5. The number of rotatable bonds is 26. The smallest absolute Gasteiger partial charge is 0.305 e. The summed E-state index contributed by atoms with van der Waals surface area (Å²) in [5, 5.41) is 29.9. The lowest BCUT2D eigenvalue weighted by Crippen LogP contribution is -2.22. The van der Waals surface area contributed by atoms with Crippen molar-refractivity contribution in [3.05, 3.63) is 144 Å². The van der Waals surface area contributed by atoms with E-state index in [4.69, 9.17) is 16.0 Å². The van der Waals surface area contributed by atoms with Gasteiger partial charge in [-0.3, -0.25) is 34.0 Å². The van der Waals surface area contributed by atoms with Gasteiger partial charge in [-0.1, -0.05) is 166 Å². The minimum absolute atomic E-state index is 0.0519. The first-order valence-corrected chi connectivity index (χ1v) is 25.4. The minimum atomic E-state index is -0.757. The number of carbonyl (C=O) groups is 6. The molecule has 0 unspecified atom stereocenters. The summed E-state index contributed by atoms with van der Waals surface area (Å²) in [4.78, 5) is 66.5. The number of ether oxygens (including phenoxy) is 2. The minimum Gasteiger partial charge on any atom is -0.481 e. The van der Waals surface area contributed by atoms with Gasteiger partial charge in [0.05, 0.1) is 14.2 Å². The van der Waals surface area contributed by atoms with E-state index in [9.17, 15) is 28.8 Å². The summed E-state index contributed by atoms with van der Waals surface area (Å²) >= 11 is 0. The number of methoxy groups -OCH3 is 2. The van der Waals surface area contributed by atoms with Crippen molar-refractivity contribution >= 4 is 67.9 Å². The van der Waals surface area contributed by atoms with Gasteiger partial charge < -0.3 is 30.9 Å². The molecule has 14 heteroatoms. The summed E-state index contributed by atoms with van der Waals surface area (Å²) in [5.74, 6) is -1.34. The summed E-state index contributed by atoms with van der Waals surface area (Å²) in [6.07, 6.45) is 12.6. The Bertz CT molecular complexity index is 2470. The highest BCUT2D eigenvalue weighted by Crippen LogP contribution is 2.20. The van der Waals surface area contributed by atoms with E-state index in [1.165, 1.54) is 52.1 Å². The average Bonchev–Trinajstić information content (AvgIpc) is 3.42. The topological polar surface area (TPSA) is 223 Å². The molecule has 0 fully saturated rings. The van der Waals surface area contributed by atoms with Crippen LogP contribution in [0.4, 0.5) is 0 Å². The Hall–Kier alpha value is -7.16. The fourth-order valence-corrected chi connectivity index (χ4v) is 7.92. The molecule has 6 aromatic rings. The Labute approximate surface area is 430 Å². The van der Waals surface area contributed by atoms with Gasteiger partial charge in [0.25, 0.3) is 0 Å². The molecule has 0 aliphatic carbocycles. The number of unbranched alkanes of at least 4 members (excludes halogenated alkanes) is 9. The number of hydroxylamine groups is 1. The Morgan fingerprint density at radius 3 is 1.08 bits per heavy atom. The number of esters is 2.